The van der Waals surface area contributed by atoms with E-state index in [4.69, 9.17) is 24.1 Å². The lowest BCUT2D eigenvalue weighted by atomic mass is 10.0. The molecular formula is C22H26BrNO7S. The van der Waals surface area contributed by atoms with E-state index in [1.54, 1.807) is 48.5 Å². The first kappa shape index (κ1) is 26.0. The number of carbonyl (C=O) groups excluding carboxylic acids is 2. The second-order valence-corrected chi connectivity index (χ2v) is 7.77. The van der Waals surface area contributed by atoms with Crippen LogP contribution in [-0.2, 0) is 19.0 Å². The molecule has 1 amide bonds. The van der Waals surface area contributed by atoms with Gasteiger partial charge >= 0.3 is 12.1 Å². The molecule has 2 rings (SSSR count). The zero-order chi connectivity index (χ0) is 23.3. The summed E-state index contributed by atoms with van der Waals surface area (Å²) in [6.45, 7) is 0.163. The molecule has 32 heavy (non-hydrogen) atoms. The van der Waals surface area contributed by atoms with E-state index in [-0.39, 0.29) is 25.6 Å². The molecule has 2 N–H and O–H groups in total. The van der Waals surface area contributed by atoms with E-state index in [2.05, 4.69) is 33.9 Å². The van der Waals surface area contributed by atoms with Gasteiger partial charge in [0.15, 0.2) is 6.10 Å². The predicted molar refractivity (Wildman–Crippen MR) is 126 cm³/mol. The average molecular weight is 528 g/mol. The number of ether oxygens (including phenoxy) is 4. The minimum Gasteiger partial charge on any atom is -0.491 e. The molecule has 0 aliphatic heterocycles. The van der Waals surface area contributed by atoms with Crippen molar-refractivity contribution in [3.63, 3.8) is 0 Å². The lowest BCUT2D eigenvalue weighted by Gasteiger charge is -2.26. The molecule has 0 unspecified atom stereocenters. The number of amides is 1. The van der Waals surface area contributed by atoms with Crippen LogP contribution < -0.4 is 10.1 Å². The molecule has 0 spiro atoms. The molecule has 0 aliphatic carbocycles. The third-order valence-electron chi connectivity index (χ3n) is 4.33. The van der Waals surface area contributed by atoms with Crippen molar-refractivity contribution in [1.82, 2.24) is 0 Å². The molecular weight excluding hydrogens is 502 g/mol. The van der Waals surface area contributed by atoms with Gasteiger partial charge in [-0.2, -0.15) is 12.6 Å². The third-order valence-corrected chi connectivity index (χ3v) is 5.12. The van der Waals surface area contributed by atoms with E-state index in [1.807, 2.05) is 0 Å². The van der Waals surface area contributed by atoms with Gasteiger partial charge < -0.3 is 24.1 Å². The van der Waals surface area contributed by atoms with Crippen LogP contribution in [0.15, 0.2) is 53.0 Å². The Labute approximate surface area is 200 Å². The molecule has 0 saturated carbocycles. The van der Waals surface area contributed by atoms with E-state index < -0.39 is 24.3 Å². The van der Waals surface area contributed by atoms with Gasteiger partial charge in [0.05, 0.1) is 19.0 Å². The number of rotatable bonds is 12. The van der Waals surface area contributed by atoms with E-state index in [0.717, 1.165) is 4.47 Å². The van der Waals surface area contributed by atoms with Crippen molar-refractivity contribution in [3.05, 3.63) is 58.6 Å². The molecule has 8 nitrogen and oxygen atoms in total. The van der Waals surface area contributed by atoms with Crippen molar-refractivity contribution in [3.8, 4) is 5.75 Å². The molecule has 0 radical (unpaired) electrons. The van der Waals surface area contributed by atoms with Gasteiger partial charge in [0.25, 0.3) is 0 Å². The number of thiol groups is 1. The van der Waals surface area contributed by atoms with Gasteiger partial charge in [0.2, 0.25) is 0 Å². The maximum atomic E-state index is 12.6. The molecule has 0 saturated heterocycles. The number of hydrogen-bond donors (Lipinski definition) is 3. The average Bonchev–Trinajstić information content (AvgIpc) is 2.81. The van der Waals surface area contributed by atoms with Gasteiger partial charge in [-0.15, -0.1) is 0 Å². The first-order chi connectivity index (χ1) is 15.5. The second kappa shape index (κ2) is 14.0. The zero-order valence-corrected chi connectivity index (χ0v) is 20.0. The highest BCUT2D eigenvalue weighted by molar-refractivity contribution is 9.10. The summed E-state index contributed by atoms with van der Waals surface area (Å²) in [6.07, 6.45) is -1.72. The van der Waals surface area contributed by atoms with E-state index in [1.165, 1.54) is 7.11 Å². The second-order valence-electron chi connectivity index (χ2n) is 6.54. The molecule has 174 valence electrons. The Kier molecular flexibility index (Phi) is 11.4. The highest BCUT2D eigenvalue weighted by atomic mass is 79.9. The van der Waals surface area contributed by atoms with Crippen LogP contribution in [0, 0.1) is 0 Å². The number of aliphatic hydroxyl groups is 1. The maximum absolute atomic E-state index is 12.6. The van der Waals surface area contributed by atoms with Gasteiger partial charge in [0.1, 0.15) is 18.5 Å². The highest BCUT2D eigenvalue weighted by Gasteiger charge is 2.28. The fraction of sp³-hybridized carbons (Fsp3) is 0.364. The van der Waals surface area contributed by atoms with Crippen LogP contribution in [0.4, 0.5) is 10.5 Å². The Morgan fingerprint density at radius 2 is 1.78 bits per heavy atom. The minimum atomic E-state index is -0.781. The molecule has 2 aromatic carbocycles. The van der Waals surface area contributed by atoms with Crippen molar-refractivity contribution < 1.29 is 33.6 Å². The van der Waals surface area contributed by atoms with Crippen molar-refractivity contribution in [1.29, 1.82) is 0 Å². The number of esters is 1. The molecule has 10 heteroatoms. The van der Waals surface area contributed by atoms with Crippen LogP contribution >= 0.6 is 28.6 Å². The molecule has 0 fully saturated rings. The number of methoxy groups -OCH3 is 1. The first-order valence-corrected chi connectivity index (χ1v) is 11.3. The number of nitrogens with one attached hydrogen (secondary N) is 1. The Hall–Kier alpha value is -2.27. The maximum Gasteiger partial charge on any atom is 0.412 e. The molecule has 0 aromatic heterocycles. The SMILES string of the molecule is CO[C@H](CCOC(=O)CS)[C@H](OC(=O)Nc1ccc(Br)cc1)c1ccc(OCCO)cc1. The third kappa shape index (κ3) is 8.70. The summed E-state index contributed by atoms with van der Waals surface area (Å²) >= 11 is 7.23. The van der Waals surface area contributed by atoms with Crippen molar-refractivity contribution in [2.24, 2.45) is 0 Å². The first-order valence-electron chi connectivity index (χ1n) is 9.83. The summed E-state index contributed by atoms with van der Waals surface area (Å²) in [5.74, 6) is 0.0965. The fourth-order valence-electron chi connectivity index (χ4n) is 2.80. The summed E-state index contributed by atoms with van der Waals surface area (Å²) in [7, 11) is 1.49. The number of carbonyl (C=O) groups is 2. The Morgan fingerprint density at radius 3 is 2.38 bits per heavy atom. The van der Waals surface area contributed by atoms with Gasteiger partial charge in [-0.25, -0.2) is 4.79 Å². The van der Waals surface area contributed by atoms with Gasteiger partial charge in [0, 0.05) is 23.7 Å². The molecule has 2 aromatic rings. The molecule has 0 heterocycles. The topological polar surface area (TPSA) is 103 Å². The number of anilines is 1. The number of benzene rings is 2. The summed E-state index contributed by atoms with van der Waals surface area (Å²) in [5.41, 5.74) is 1.24. The fourth-order valence-corrected chi connectivity index (χ4v) is 3.15. The van der Waals surface area contributed by atoms with Crippen LogP contribution in [0.1, 0.15) is 18.1 Å². The summed E-state index contributed by atoms with van der Waals surface area (Å²) < 4.78 is 22.6. The van der Waals surface area contributed by atoms with Crippen LogP contribution in [0.3, 0.4) is 0 Å². The van der Waals surface area contributed by atoms with E-state index in [9.17, 15) is 9.59 Å². The zero-order valence-electron chi connectivity index (χ0n) is 17.5. The van der Waals surface area contributed by atoms with E-state index in [0.29, 0.717) is 23.4 Å². The lowest BCUT2D eigenvalue weighted by Crippen LogP contribution is -2.29. The quantitative estimate of drug-likeness (QED) is 0.283. The lowest BCUT2D eigenvalue weighted by molar-refractivity contribution is -0.141. The monoisotopic (exact) mass is 527 g/mol. The summed E-state index contributed by atoms with van der Waals surface area (Å²) in [4.78, 5) is 24.0. The smallest absolute Gasteiger partial charge is 0.412 e. The Balaban J connectivity index is 2.15. The predicted octanol–water partition coefficient (Wildman–Crippen LogP) is 3.99. The van der Waals surface area contributed by atoms with Crippen molar-refractivity contribution in [2.45, 2.75) is 18.6 Å². The van der Waals surface area contributed by atoms with Crippen LogP contribution in [-0.4, -0.2) is 56.0 Å². The molecule has 0 aliphatic rings. The van der Waals surface area contributed by atoms with Crippen LogP contribution in [0.25, 0.3) is 0 Å². The number of hydrogen-bond acceptors (Lipinski definition) is 8. The Bertz CT molecular complexity index is 848. The molecule has 0 bridgehead atoms. The summed E-state index contributed by atoms with van der Waals surface area (Å²) in [5, 5.41) is 11.6. The number of aliphatic hydroxyl groups excluding tert-OH is 1. The normalized spacial score (nSPS) is 12.5. The number of halogens is 1. The van der Waals surface area contributed by atoms with Crippen LogP contribution in [0.5, 0.6) is 5.75 Å². The molecule has 2 atom stereocenters. The standard InChI is InChI=1S/C22H26BrNO7S/c1-28-19(10-12-30-20(26)14-32)21(15-2-8-18(9-3-15)29-13-11-25)31-22(27)24-17-6-4-16(23)5-7-17/h2-9,19,21,25,32H,10-14H2,1H3,(H,24,27)/t19-,21-/m1/s1. The Morgan fingerprint density at radius 1 is 1.09 bits per heavy atom. The van der Waals surface area contributed by atoms with Gasteiger partial charge in [-0.1, -0.05) is 28.1 Å². The summed E-state index contributed by atoms with van der Waals surface area (Å²) in [6, 6.07) is 14.0. The van der Waals surface area contributed by atoms with Crippen molar-refractivity contribution in [2.75, 3.05) is 38.0 Å². The van der Waals surface area contributed by atoms with Crippen LogP contribution in [0.2, 0.25) is 0 Å². The van der Waals surface area contributed by atoms with Gasteiger partial charge in [-0.05, 0) is 42.0 Å². The highest BCUT2D eigenvalue weighted by Crippen LogP contribution is 2.28. The van der Waals surface area contributed by atoms with E-state index >= 15 is 0 Å². The largest absolute Gasteiger partial charge is 0.491 e. The minimum absolute atomic E-state index is 0.0253. The van der Waals surface area contributed by atoms with Crippen molar-refractivity contribution >= 4 is 46.3 Å². The van der Waals surface area contributed by atoms with Gasteiger partial charge in [-0.3, -0.25) is 10.1 Å².